The fourth-order valence-electron chi connectivity index (χ4n) is 3.06. The monoisotopic (exact) mass is 259 g/mol. The van der Waals surface area contributed by atoms with Gasteiger partial charge in [-0.1, -0.05) is 0 Å². The van der Waals surface area contributed by atoms with Crippen LogP contribution in [-0.4, -0.2) is 37.1 Å². The summed E-state index contributed by atoms with van der Waals surface area (Å²) >= 11 is 0. The third kappa shape index (κ3) is 1.32. The van der Waals surface area contributed by atoms with E-state index in [4.69, 9.17) is 4.42 Å². The van der Waals surface area contributed by atoms with E-state index in [2.05, 4.69) is 15.2 Å². The molecule has 0 N–H and O–H groups in total. The van der Waals surface area contributed by atoms with E-state index < -0.39 is 0 Å². The Bertz CT molecular complexity index is 633. The van der Waals surface area contributed by atoms with Gasteiger partial charge in [0.25, 0.3) is 0 Å². The van der Waals surface area contributed by atoms with Gasteiger partial charge in [-0.3, -0.25) is 9.36 Å². The molecule has 2 aromatic heterocycles. The third-order valence-corrected chi connectivity index (χ3v) is 3.95. The van der Waals surface area contributed by atoms with Gasteiger partial charge in [-0.2, -0.15) is 0 Å². The number of amides is 1. The molecule has 0 saturated carbocycles. The summed E-state index contributed by atoms with van der Waals surface area (Å²) in [6.45, 7) is 2.70. The molecule has 2 aliphatic heterocycles. The van der Waals surface area contributed by atoms with E-state index in [1.807, 2.05) is 16.4 Å². The summed E-state index contributed by atoms with van der Waals surface area (Å²) in [6, 6.07) is -0.229. The average molecular weight is 259 g/mol. The molecule has 0 radical (unpaired) electrons. The second-order valence-corrected chi connectivity index (χ2v) is 4.98. The molecule has 19 heavy (non-hydrogen) atoms. The maximum Gasteiger partial charge on any atom is 0.246 e. The molecule has 0 bridgehead atoms. The highest BCUT2D eigenvalue weighted by molar-refractivity contribution is 5.82. The molecule has 98 valence electrons. The van der Waals surface area contributed by atoms with Crippen LogP contribution < -0.4 is 0 Å². The number of oxazole rings is 1. The Morgan fingerprint density at radius 1 is 1.42 bits per heavy atom. The van der Waals surface area contributed by atoms with E-state index in [0.717, 1.165) is 25.2 Å². The molecular weight excluding hydrogens is 246 g/mol. The van der Waals surface area contributed by atoms with Gasteiger partial charge in [-0.15, -0.1) is 10.2 Å². The fourth-order valence-corrected chi connectivity index (χ4v) is 3.06. The van der Waals surface area contributed by atoms with Crippen molar-refractivity contribution in [2.75, 3.05) is 6.54 Å². The maximum atomic E-state index is 12.4. The number of carbonyl (C=O) groups excluding carboxylic acids is 1. The second-order valence-electron chi connectivity index (χ2n) is 4.98. The predicted molar refractivity (Wildman–Crippen MR) is 63.9 cm³/mol. The number of fused-ring (bicyclic) bond motifs is 3. The molecule has 1 saturated heterocycles. The average Bonchev–Trinajstić information content (AvgIpc) is 3.11. The van der Waals surface area contributed by atoms with Crippen molar-refractivity contribution in [3.05, 3.63) is 18.4 Å². The lowest BCUT2D eigenvalue weighted by Crippen LogP contribution is -2.42. The van der Waals surface area contributed by atoms with E-state index in [1.54, 1.807) is 6.20 Å². The molecule has 1 fully saturated rings. The molecule has 0 aliphatic carbocycles. The van der Waals surface area contributed by atoms with Crippen LogP contribution in [0.25, 0.3) is 11.6 Å². The molecule has 4 heterocycles. The number of hydrogen-bond acceptors (Lipinski definition) is 5. The van der Waals surface area contributed by atoms with Crippen LogP contribution >= 0.6 is 0 Å². The molecule has 0 aromatic carbocycles. The minimum Gasteiger partial charge on any atom is -0.440 e. The summed E-state index contributed by atoms with van der Waals surface area (Å²) in [5.74, 6) is 2.12. The lowest BCUT2D eigenvalue weighted by atomic mass is 10.1. The number of rotatable bonds is 1. The first kappa shape index (κ1) is 10.7. The maximum absolute atomic E-state index is 12.4. The van der Waals surface area contributed by atoms with Crippen LogP contribution in [0.3, 0.4) is 0 Å². The predicted octanol–water partition coefficient (Wildman–Crippen LogP) is 1.17. The number of hydrogen-bond donors (Lipinski definition) is 0. The van der Waals surface area contributed by atoms with Crippen LogP contribution in [0.4, 0.5) is 0 Å². The summed E-state index contributed by atoms with van der Waals surface area (Å²) in [6.07, 6.45) is 4.92. The van der Waals surface area contributed by atoms with Crippen molar-refractivity contribution in [3.8, 4) is 11.6 Å². The number of aromatic nitrogens is 4. The van der Waals surface area contributed by atoms with Crippen LogP contribution in [0.5, 0.6) is 0 Å². The van der Waals surface area contributed by atoms with Gasteiger partial charge in [0.1, 0.15) is 6.04 Å². The number of nitrogens with zero attached hydrogens (tertiary/aromatic N) is 5. The topological polar surface area (TPSA) is 77.1 Å². The van der Waals surface area contributed by atoms with E-state index >= 15 is 0 Å². The molecule has 2 aliphatic rings. The Balaban J connectivity index is 1.90. The Morgan fingerprint density at radius 3 is 3.11 bits per heavy atom. The number of carbonyl (C=O) groups is 1. The van der Waals surface area contributed by atoms with Crippen molar-refractivity contribution in [1.29, 1.82) is 0 Å². The Morgan fingerprint density at radius 2 is 2.32 bits per heavy atom. The zero-order chi connectivity index (χ0) is 13.0. The van der Waals surface area contributed by atoms with Crippen molar-refractivity contribution in [2.45, 2.75) is 31.8 Å². The largest absolute Gasteiger partial charge is 0.440 e. The zero-order valence-corrected chi connectivity index (χ0v) is 10.5. The molecule has 0 spiro atoms. The minimum atomic E-state index is -0.292. The third-order valence-electron chi connectivity index (χ3n) is 3.95. The lowest BCUT2D eigenvalue weighted by molar-refractivity contribution is -0.137. The van der Waals surface area contributed by atoms with Gasteiger partial charge in [0.15, 0.2) is 18.0 Å². The van der Waals surface area contributed by atoms with E-state index in [1.165, 1.54) is 6.39 Å². The summed E-state index contributed by atoms with van der Waals surface area (Å²) in [4.78, 5) is 18.2. The fraction of sp³-hybridized carbons (Fsp3) is 0.500. The van der Waals surface area contributed by atoms with Crippen molar-refractivity contribution < 1.29 is 9.21 Å². The highest BCUT2D eigenvalue weighted by Gasteiger charge is 2.43. The summed E-state index contributed by atoms with van der Waals surface area (Å²) < 4.78 is 7.16. The van der Waals surface area contributed by atoms with Crippen LogP contribution in [0.15, 0.2) is 17.0 Å². The first-order valence-corrected chi connectivity index (χ1v) is 6.41. The Labute approximate surface area is 109 Å². The smallest absolute Gasteiger partial charge is 0.246 e. The Hall–Kier alpha value is -2.18. The molecule has 7 heteroatoms. The normalized spacial score (nSPS) is 25.5. The van der Waals surface area contributed by atoms with Crippen LogP contribution in [0.1, 0.15) is 37.7 Å². The molecule has 4 rings (SSSR count). The van der Waals surface area contributed by atoms with Gasteiger partial charge >= 0.3 is 0 Å². The second kappa shape index (κ2) is 3.66. The molecular formula is C12H13N5O2. The van der Waals surface area contributed by atoms with Crippen molar-refractivity contribution in [1.82, 2.24) is 24.6 Å². The van der Waals surface area contributed by atoms with Gasteiger partial charge in [-0.25, -0.2) is 4.98 Å². The van der Waals surface area contributed by atoms with Crippen LogP contribution in [0.2, 0.25) is 0 Å². The van der Waals surface area contributed by atoms with E-state index in [0.29, 0.717) is 11.6 Å². The molecule has 1 amide bonds. The van der Waals surface area contributed by atoms with Crippen molar-refractivity contribution in [2.24, 2.45) is 0 Å². The zero-order valence-electron chi connectivity index (χ0n) is 10.5. The lowest BCUT2D eigenvalue weighted by Gasteiger charge is -2.33. The van der Waals surface area contributed by atoms with Crippen LogP contribution in [-0.2, 0) is 4.79 Å². The summed E-state index contributed by atoms with van der Waals surface area (Å²) in [5, 5.41) is 8.46. The van der Waals surface area contributed by atoms with Gasteiger partial charge < -0.3 is 9.32 Å². The van der Waals surface area contributed by atoms with Crippen molar-refractivity contribution in [3.63, 3.8) is 0 Å². The first-order valence-electron chi connectivity index (χ1n) is 6.41. The highest BCUT2D eigenvalue weighted by Crippen LogP contribution is 2.39. The van der Waals surface area contributed by atoms with Gasteiger partial charge in [0.05, 0.1) is 12.2 Å². The summed E-state index contributed by atoms with van der Waals surface area (Å²) in [7, 11) is 0. The van der Waals surface area contributed by atoms with Crippen molar-refractivity contribution >= 4 is 5.91 Å². The van der Waals surface area contributed by atoms with E-state index in [-0.39, 0.29) is 18.0 Å². The van der Waals surface area contributed by atoms with Crippen LogP contribution in [0, 0.1) is 0 Å². The Kier molecular flexibility index (Phi) is 2.06. The molecule has 7 nitrogen and oxygen atoms in total. The van der Waals surface area contributed by atoms with E-state index in [9.17, 15) is 4.79 Å². The van der Waals surface area contributed by atoms with Gasteiger partial charge in [0.2, 0.25) is 11.7 Å². The highest BCUT2D eigenvalue weighted by atomic mass is 16.3. The first-order chi connectivity index (χ1) is 9.27. The molecule has 2 atom stereocenters. The minimum absolute atomic E-state index is 0.0628. The summed E-state index contributed by atoms with van der Waals surface area (Å²) in [5.41, 5.74) is 0. The van der Waals surface area contributed by atoms with Gasteiger partial charge in [-0.05, 0) is 19.8 Å². The van der Waals surface area contributed by atoms with Gasteiger partial charge in [0, 0.05) is 6.54 Å². The molecule has 2 aromatic rings. The SMILES string of the molecule is C[C@H]1C(=O)N2CCC[C@H]2c2nnc(-c3cnco3)n21. The standard InChI is InChI=1S/C12H13N5O2/c1-7-12(18)16-4-2-3-8(16)10-14-15-11(17(7)10)9-5-13-6-19-9/h5-8H,2-4H2,1H3/t7-,8-/m0/s1. The molecule has 0 unspecified atom stereocenters. The quantitative estimate of drug-likeness (QED) is 0.768.